The van der Waals surface area contributed by atoms with Crippen LogP contribution >= 0.6 is 11.3 Å². The summed E-state index contributed by atoms with van der Waals surface area (Å²) >= 11 is 1.39. The summed E-state index contributed by atoms with van der Waals surface area (Å²) in [6.07, 6.45) is 6.46. The molecule has 0 spiro atoms. The van der Waals surface area contributed by atoms with Gasteiger partial charge in [-0.25, -0.2) is 15.0 Å². The normalized spacial score (nSPS) is 15.4. The number of rotatable bonds is 3. The Bertz CT molecular complexity index is 635. The molecule has 22 heavy (non-hydrogen) atoms. The molecule has 3 heterocycles. The molecular weight excluding hydrogens is 298 g/mol. The van der Waals surface area contributed by atoms with Crippen molar-refractivity contribution in [3.63, 3.8) is 0 Å². The van der Waals surface area contributed by atoms with Gasteiger partial charge in [-0.3, -0.25) is 10.1 Å². The molecule has 0 bridgehead atoms. The van der Waals surface area contributed by atoms with Crippen LogP contribution in [0.4, 0.5) is 11.1 Å². The number of hydrogen-bond acceptors (Lipinski definition) is 6. The summed E-state index contributed by atoms with van der Waals surface area (Å²) in [6.45, 7) is 3.80. The van der Waals surface area contributed by atoms with Crippen LogP contribution in [0.2, 0.25) is 0 Å². The molecule has 1 amide bonds. The minimum Gasteiger partial charge on any atom is -0.341 e. The van der Waals surface area contributed by atoms with Crippen molar-refractivity contribution in [1.82, 2.24) is 15.0 Å². The molecule has 0 atom stereocenters. The first-order valence-corrected chi connectivity index (χ1v) is 8.42. The van der Waals surface area contributed by atoms with E-state index in [1.165, 1.54) is 24.2 Å². The lowest BCUT2D eigenvalue weighted by atomic mass is 10.2. The number of carbonyl (C=O) groups excluding carboxylic acids is 1. The van der Waals surface area contributed by atoms with Crippen LogP contribution in [0.15, 0.2) is 17.6 Å². The lowest BCUT2D eigenvalue weighted by Gasteiger charge is -2.20. The average molecular weight is 317 g/mol. The van der Waals surface area contributed by atoms with E-state index in [1.54, 1.807) is 12.3 Å². The topological polar surface area (TPSA) is 71.0 Å². The fourth-order valence-corrected chi connectivity index (χ4v) is 3.05. The van der Waals surface area contributed by atoms with Crippen LogP contribution in [-0.2, 0) is 0 Å². The number of carbonyl (C=O) groups is 1. The minimum atomic E-state index is -0.239. The molecule has 0 aromatic carbocycles. The Morgan fingerprint density at radius 1 is 1.23 bits per heavy atom. The van der Waals surface area contributed by atoms with Crippen molar-refractivity contribution >= 4 is 28.3 Å². The molecule has 6 nitrogen and oxygen atoms in total. The molecule has 1 aliphatic rings. The summed E-state index contributed by atoms with van der Waals surface area (Å²) in [4.78, 5) is 27.5. The van der Waals surface area contributed by atoms with Gasteiger partial charge in [0, 0.05) is 30.4 Å². The third kappa shape index (κ3) is 3.59. The highest BCUT2D eigenvalue weighted by Gasteiger charge is 2.17. The van der Waals surface area contributed by atoms with Crippen LogP contribution in [-0.4, -0.2) is 33.9 Å². The molecular formula is C15H19N5OS. The van der Waals surface area contributed by atoms with Crippen molar-refractivity contribution in [3.05, 3.63) is 29.0 Å². The van der Waals surface area contributed by atoms with Gasteiger partial charge in [0.05, 0.1) is 0 Å². The molecule has 0 unspecified atom stereocenters. The van der Waals surface area contributed by atoms with E-state index in [1.807, 2.05) is 12.3 Å². The molecule has 2 aromatic rings. The van der Waals surface area contributed by atoms with E-state index in [2.05, 4.69) is 25.2 Å². The Kier molecular flexibility index (Phi) is 4.62. The van der Waals surface area contributed by atoms with Crippen LogP contribution in [0, 0.1) is 6.92 Å². The van der Waals surface area contributed by atoms with E-state index in [9.17, 15) is 4.79 Å². The van der Waals surface area contributed by atoms with Crippen molar-refractivity contribution in [2.24, 2.45) is 0 Å². The molecule has 0 radical (unpaired) electrons. The van der Waals surface area contributed by atoms with Gasteiger partial charge in [-0.1, -0.05) is 12.8 Å². The summed E-state index contributed by atoms with van der Waals surface area (Å²) < 4.78 is 0. The molecule has 1 fully saturated rings. The molecule has 116 valence electrons. The molecule has 7 heteroatoms. The SMILES string of the molecule is Cc1cc(C(=O)Nc2nccs2)nc(N2CCCCCC2)n1. The highest BCUT2D eigenvalue weighted by molar-refractivity contribution is 7.13. The van der Waals surface area contributed by atoms with E-state index in [0.29, 0.717) is 16.8 Å². The van der Waals surface area contributed by atoms with Crippen LogP contribution < -0.4 is 10.2 Å². The van der Waals surface area contributed by atoms with Gasteiger partial charge in [0.15, 0.2) is 5.13 Å². The molecule has 1 N–H and O–H groups in total. The highest BCUT2D eigenvalue weighted by Crippen LogP contribution is 2.18. The standard InChI is InChI=1S/C15H19N5OS/c1-11-10-12(13(21)19-15-16-6-9-22-15)18-14(17-11)20-7-4-2-3-5-8-20/h6,9-10H,2-5,7-8H2,1H3,(H,16,19,21). The zero-order valence-corrected chi connectivity index (χ0v) is 13.4. The maximum Gasteiger partial charge on any atom is 0.276 e. The first-order chi connectivity index (χ1) is 10.7. The number of nitrogens with one attached hydrogen (secondary N) is 1. The van der Waals surface area contributed by atoms with Gasteiger partial charge < -0.3 is 4.90 Å². The number of thiazole rings is 1. The average Bonchev–Trinajstić information content (AvgIpc) is 2.86. The van der Waals surface area contributed by atoms with Gasteiger partial charge in [-0.2, -0.15) is 0 Å². The minimum absolute atomic E-state index is 0.239. The maximum absolute atomic E-state index is 12.3. The maximum atomic E-state index is 12.3. The first kappa shape index (κ1) is 14.9. The van der Waals surface area contributed by atoms with E-state index < -0.39 is 0 Å². The highest BCUT2D eigenvalue weighted by atomic mass is 32.1. The van der Waals surface area contributed by atoms with Crippen molar-refractivity contribution in [3.8, 4) is 0 Å². The van der Waals surface area contributed by atoms with Crippen molar-refractivity contribution in [2.45, 2.75) is 32.6 Å². The quantitative estimate of drug-likeness (QED) is 0.942. The van der Waals surface area contributed by atoms with Gasteiger partial charge in [0.25, 0.3) is 5.91 Å². The van der Waals surface area contributed by atoms with Gasteiger partial charge in [-0.05, 0) is 25.8 Å². The number of amides is 1. The van der Waals surface area contributed by atoms with E-state index >= 15 is 0 Å². The Balaban J connectivity index is 1.81. The fraction of sp³-hybridized carbons (Fsp3) is 0.467. The number of hydrogen-bond donors (Lipinski definition) is 1. The third-order valence-corrected chi connectivity index (χ3v) is 4.31. The number of aromatic nitrogens is 3. The molecule has 1 aliphatic heterocycles. The Labute approximate surface area is 133 Å². The van der Waals surface area contributed by atoms with Crippen LogP contribution in [0.25, 0.3) is 0 Å². The smallest absolute Gasteiger partial charge is 0.276 e. The van der Waals surface area contributed by atoms with E-state index in [0.717, 1.165) is 31.6 Å². The third-order valence-electron chi connectivity index (χ3n) is 3.62. The second-order valence-electron chi connectivity index (χ2n) is 5.39. The molecule has 0 aliphatic carbocycles. The first-order valence-electron chi connectivity index (χ1n) is 7.54. The number of aryl methyl sites for hydroxylation is 1. The lowest BCUT2D eigenvalue weighted by molar-refractivity contribution is 0.102. The van der Waals surface area contributed by atoms with Crippen LogP contribution in [0.3, 0.4) is 0 Å². The summed E-state index contributed by atoms with van der Waals surface area (Å²) in [7, 11) is 0. The molecule has 1 saturated heterocycles. The Morgan fingerprint density at radius 2 is 2.00 bits per heavy atom. The van der Waals surface area contributed by atoms with Gasteiger partial charge in [-0.15, -0.1) is 11.3 Å². The Morgan fingerprint density at radius 3 is 2.68 bits per heavy atom. The van der Waals surface area contributed by atoms with Gasteiger partial charge in [0.2, 0.25) is 5.95 Å². The largest absolute Gasteiger partial charge is 0.341 e. The van der Waals surface area contributed by atoms with Crippen molar-refractivity contribution in [2.75, 3.05) is 23.3 Å². The van der Waals surface area contributed by atoms with E-state index in [-0.39, 0.29) is 5.91 Å². The van der Waals surface area contributed by atoms with Gasteiger partial charge >= 0.3 is 0 Å². The monoisotopic (exact) mass is 317 g/mol. The molecule has 0 saturated carbocycles. The molecule has 2 aromatic heterocycles. The van der Waals surface area contributed by atoms with E-state index in [4.69, 9.17) is 0 Å². The number of anilines is 2. The second kappa shape index (κ2) is 6.83. The lowest BCUT2D eigenvalue weighted by Crippen LogP contribution is -2.27. The zero-order valence-electron chi connectivity index (χ0n) is 12.6. The zero-order chi connectivity index (χ0) is 15.4. The summed E-state index contributed by atoms with van der Waals surface area (Å²) in [6, 6.07) is 1.71. The number of nitrogens with zero attached hydrogens (tertiary/aromatic N) is 4. The fourth-order valence-electron chi connectivity index (χ4n) is 2.53. The Hall–Kier alpha value is -2.02. The summed E-state index contributed by atoms with van der Waals surface area (Å²) in [5.74, 6) is 0.419. The predicted octanol–water partition coefficient (Wildman–Crippen LogP) is 2.87. The van der Waals surface area contributed by atoms with Crippen molar-refractivity contribution in [1.29, 1.82) is 0 Å². The second-order valence-corrected chi connectivity index (χ2v) is 6.28. The predicted molar refractivity (Wildman–Crippen MR) is 87.5 cm³/mol. The van der Waals surface area contributed by atoms with Crippen LogP contribution in [0.5, 0.6) is 0 Å². The van der Waals surface area contributed by atoms with Crippen LogP contribution in [0.1, 0.15) is 41.9 Å². The molecule has 3 rings (SSSR count). The van der Waals surface area contributed by atoms with Gasteiger partial charge in [0.1, 0.15) is 5.69 Å². The van der Waals surface area contributed by atoms with Crippen molar-refractivity contribution < 1.29 is 4.79 Å². The summed E-state index contributed by atoms with van der Waals surface area (Å²) in [5, 5.41) is 5.17. The summed E-state index contributed by atoms with van der Waals surface area (Å²) in [5.41, 5.74) is 1.19.